The minimum atomic E-state index is 0.526. The Balaban J connectivity index is 2.30. The van der Waals surface area contributed by atoms with E-state index in [0.717, 1.165) is 10.2 Å². The van der Waals surface area contributed by atoms with Gasteiger partial charge in [-0.15, -0.1) is 0 Å². The summed E-state index contributed by atoms with van der Waals surface area (Å²) < 4.78 is 6.11. The number of anilines is 3. The highest BCUT2D eigenvalue weighted by molar-refractivity contribution is 9.10. The Hall–Kier alpha value is -1.75. The SMILES string of the molecule is COc1ccc(N)c(Nc2ccc(C)c(Br)c2)n1. The number of aryl methyl sites for hydroxylation is 1. The monoisotopic (exact) mass is 307 g/mol. The van der Waals surface area contributed by atoms with Crippen LogP contribution in [-0.4, -0.2) is 12.1 Å². The van der Waals surface area contributed by atoms with Gasteiger partial charge in [-0.1, -0.05) is 22.0 Å². The number of hydrogen-bond donors (Lipinski definition) is 2. The first-order valence-electron chi connectivity index (χ1n) is 5.44. The fraction of sp³-hybridized carbons (Fsp3) is 0.154. The van der Waals surface area contributed by atoms with E-state index in [-0.39, 0.29) is 0 Å². The smallest absolute Gasteiger partial charge is 0.215 e. The van der Waals surface area contributed by atoms with Crippen molar-refractivity contribution in [3.8, 4) is 5.88 Å². The summed E-state index contributed by atoms with van der Waals surface area (Å²) in [6.07, 6.45) is 0. The molecule has 1 aromatic carbocycles. The van der Waals surface area contributed by atoms with Gasteiger partial charge in [0.05, 0.1) is 12.8 Å². The quantitative estimate of drug-likeness (QED) is 0.911. The summed E-state index contributed by atoms with van der Waals surface area (Å²) in [5, 5.41) is 3.17. The standard InChI is InChI=1S/C13H14BrN3O/c1-8-3-4-9(7-10(8)14)16-13-11(15)5-6-12(17-13)18-2/h3-7H,15H2,1-2H3,(H,16,17). The Morgan fingerprint density at radius 3 is 2.72 bits per heavy atom. The number of methoxy groups -OCH3 is 1. The lowest BCUT2D eigenvalue weighted by atomic mass is 10.2. The zero-order valence-electron chi connectivity index (χ0n) is 10.2. The van der Waals surface area contributed by atoms with Gasteiger partial charge in [0, 0.05) is 16.2 Å². The maximum Gasteiger partial charge on any atom is 0.215 e. The highest BCUT2D eigenvalue weighted by Crippen LogP contribution is 2.26. The van der Waals surface area contributed by atoms with Crippen LogP contribution in [0.4, 0.5) is 17.2 Å². The van der Waals surface area contributed by atoms with E-state index in [1.807, 2.05) is 25.1 Å². The Morgan fingerprint density at radius 2 is 2.06 bits per heavy atom. The molecule has 0 saturated carbocycles. The zero-order chi connectivity index (χ0) is 13.1. The number of aromatic nitrogens is 1. The second kappa shape index (κ2) is 5.27. The number of rotatable bonds is 3. The van der Waals surface area contributed by atoms with E-state index >= 15 is 0 Å². The molecule has 2 rings (SSSR count). The van der Waals surface area contributed by atoms with Gasteiger partial charge in [-0.2, -0.15) is 4.98 Å². The minimum absolute atomic E-state index is 0.526. The molecule has 18 heavy (non-hydrogen) atoms. The number of hydrogen-bond acceptors (Lipinski definition) is 4. The predicted molar refractivity (Wildman–Crippen MR) is 77.4 cm³/mol. The largest absolute Gasteiger partial charge is 0.481 e. The molecular formula is C13H14BrN3O. The molecule has 0 saturated heterocycles. The van der Waals surface area contributed by atoms with Crippen molar-refractivity contribution in [1.29, 1.82) is 0 Å². The van der Waals surface area contributed by atoms with Crippen molar-refractivity contribution in [3.05, 3.63) is 40.4 Å². The predicted octanol–water partition coefficient (Wildman–Crippen LogP) is 3.49. The van der Waals surface area contributed by atoms with E-state index in [4.69, 9.17) is 10.5 Å². The molecule has 0 fully saturated rings. The van der Waals surface area contributed by atoms with Crippen LogP contribution in [0.5, 0.6) is 5.88 Å². The van der Waals surface area contributed by atoms with E-state index in [1.54, 1.807) is 19.2 Å². The Labute approximate surface area is 114 Å². The van der Waals surface area contributed by atoms with Crippen LogP contribution >= 0.6 is 15.9 Å². The van der Waals surface area contributed by atoms with Gasteiger partial charge in [-0.05, 0) is 30.7 Å². The first-order valence-corrected chi connectivity index (χ1v) is 6.23. The van der Waals surface area contributed by atoms with Crippen molar-refractivity contribution < 1.29 is 4.74 Å². The number of nitrogens with zero attached hydrogens (tertiary/aromatic N) is 1. The van der Waals surface area contributed by atoms with E-state index in [0.29, 0.717) is 17.4 Å². The van der Waals surface area contributed by atoms with Crippen LogP contribution < -0.4 is 15.8 Å². The molecule has 0 spiro atoms. The Bertz CT molecular complexity index is 572. The van der Waals surface area contributed by atoms with E-state index < -0.39 is 0 Å². The molecule has 1 aromatic heterocycles. The molecule has 4 nitrogen and oxygen atoms in total. The minimum Gasteiger partial charge on any atom is -0.481 e. The lowest BCUT2D eigenvalue weighted by molar-refractivity contribution is 0.398. The average molecular weight is 308 g/mol. The fourth-order valence-electron chi connectivity index (χ4n) is 1.47. The van der Waals surface area contributed by atoms with Crippen LogP contribution in [-0.2, 0) is 0 Å². The topological polar surface area (TPSA) is 60.2 Å². The van der Waals surface area contributed by atoms with Gasteiger partial charge < -0.3 is 15.8 Å². The average Bonchev–Trinajstić information content (AvgIpc) is 2.36. The van der Waals surface area contributed by atoms with E-state index in [2.05, 4.69) is 26.2 Å². The van der Waals surface area contributed by atoms with Crippen molar-refractivity contribution in [2.75, 3.05) is 18.2 Å². The summed E-state index contributed by atoms with van der Waals surface area (Å²) in [6.45, 7) is 2.03. The second-order valence-corrected chi connectivity index (χ2v) is 4.73. The van der Waals surface area contributed by atoms with Crippen molar-refractivity contribution in [1.82, 2.24) is 4.98 Å². The van der Waals surface area contributed by atoms with Gasteiger partial charge in [0.1, 0.15) is 0 Å². The first-order chi connectivity index (χ1) is 8.60. The molecule has 0 aliphatic rings. The molecule has 1 heterocycles. The Kier molecular flexibility index (Phi) is 3.72. The number of halogens is 1. The van der Waals surface area contributed by atoms with Gasteiger partial charge in [-0.25, -0.2) is 0 Å². The van der Waals surface area contributed by atoms with Crippen LogP contribution in [0.1, 0.15) is 5.56 Å². The fourth-order valence-corrected chi connectivity index (χ4v) is 1.85. The molecular weight excluding hydrogens is 294 g/mol. The molecule has 0 radical (unpaired) electrons. The third-order valence-electron chi connectivity index (χ3n) is 2.54. The molecule has 2 aromatic rings. The number of nitrogen functional groups attached to an aromatic ring is 1. The van der Waals surface area contributed by atoms with Gasteiger partial charge in [0.2, 0.25) is 5.88 Å². The summed E-state index contributed by atoms with van der Waals surface area (Å²) in [4.78, 5) is 4.26. The van der Waals surface area contributed by atoms with Gasteiger partial charge >= 0.3 is 0 Å². The number of ether oxygens (including phenoxy) is 1. The summed E-state index contributed by atoms with van der Waals surface area (Å²) in [5.41, 5.74) is 8.53. The highest BCUT2D eigenvalue weighted by Gasteiger charge is 2.05. The van der Waals surface area contributed by atoms with Crippen molar-refractivity contribution in [2.24, 2.45) is 0 Å². The lowest BCUT2D eigenvalue weighted by Crippen LogP contribution is -2.00. The van der Waals surface area contributed by atoms with Crippen molar-refractivity contribution in [2.45, 2.75) is 6.92 Å². The van der Waals surface area contributed by atoms with Crippen LogP contribution in [0.3, 0.4) is 0 Å². The number of nitrogens with one attached hydrogen (secondary N) is 1. The van der Waals surface area contributed by atoms with Crippen LogP contribution in [0.15, 0.2) is 34.8 Å². The molecule has 0 unspecified atom stereocenters. The summed E-state index contributed by atoms with van der Waals surface area (Å²) in [5.74, 6) is 1.11. The lowest BCUT2D eigenvalue weighted by Gasteiger charge is -2.10. The molecule has 0 amide bonds. The van der Waals surface area contributed by atoms with E-state index in [1.165, 1.54) is 5.56 Å². The molecule has 5 heteroatoms. The molecule has 0 aliphatic carbocycles. The maximum atomic E-state index is 5.87. The van der Waals surface area contributed by atoms with Crippen LogP contribution in [0.25, 0.3) is 0 Å². The third-order valence-corrected chi connectivity index (χ3v) is 3.40. The molecule has 0 atom stereocenters. The molecule has 94 valence electrons. The van der Waals surface area contributed by atoms with Crippen LogP contribution in [0.2, 0.25) is 0 Å². The number of pyridine rings is 1. The van der Waals surface area contributed by atoms with Gasteiger partial charge in [0.15, 0.2) is 5.82 Å². The van der Waals surface area contributed by atoms with E-state index in [9.17, 15) is 0 Å². The van der Waals surface area contributed by atoms with Gasteiger partial charge in [0.25, 0.3) is 0 Å². The Morgan fingerprint density at radius 1 is 1.28 bits per heavy atom. The van der Waals surface area contributed by atoms with Crippen molar-refractivity contribution >= 4 is 33.1 Å². The molecule has 0 bridgehead atoms. The third kappa shape index (κ3) is 2.73. The number of nitrogens with two attached hydrogens (primary N) is 1. The normalized spacial score (nSPS) is 10.2. The van der Waals surface area contributed by atoms with Crippen LogP contribution in [0, 0.1) is 6.92 Å². The highest BCUT2D eigenvalue weighted by atomic mass is 79.9. The summed E-state index contributed by atoms with van der Waals surface area (Å²) >= 11 is 3.49. The maximum absolute atomic E-state index is 5.87. The zero-order valence-corrected chi connectivity index (χ0v) is 11.8. The molecule has 3 N–H and O–H groups in total. The summed E-state index contributed by atoms with van der Waals surface area (Å²) in [6, 6.07) is 9.46. The van der Waals surface area contributed by atoms with Crippen molar-refractivity contribution in [3.63, 3.8) is 0 Å². The first kappa shape index (κ1) is 12.7. The second-order valence-electron chi connectivity index (χ2n) is 3.88. The number of benzene rings is 1. The molecule has 0 aliphatic heterocycles. The summed E-state index contributed by atoms with van der Waals surface area (Å²) in [7, 11) is 1.57. The van der Waals surface area contributed by atoms with Gasteiger partial charge in [-0.3, -0.25) is 0 Å².